The van der Waals surface area contributed by atoms with E-state index in [-0.39, 0.29) is 17.4 Å². The lowest BCUT2D eigenvalue weighted by Crippen LogP contribution is -2.43. The molecule has 2 heterocycles. The van der Waals surface area contributed by atoms with Gasteiger partial charge in [0.2, 0.25) is 0 Å². The number of epoxide rings is 1. The van der Waals surface area contributed by atoms with Crippen LogP contribution in [0, 0.1) is 11.8 Å². The summed E-state index contributed by atoms with van der Waals surface area (Å²) in [6.45, 7) is 0.611. The van der Waals surface area contributed by atoms with Crippen molar-refractivity contribution in [2.24, 2.45) is 11.8 Å². The molecule has 1 saturated carbocycles. The number of alkyl carbamates (subject to hydrolysis) is 1. The number of esters is 1. The third-order valence-electron chi connectivity index (χ3n) is 4.30. The fraction of sp³-hybridized carbons (Fsp3) is 0.692. The molecule has 2 aliphatic heterocycles. The highest BCUT2D eigenvalue weighted by molar-refractivity contribution is 5.89. The van der Waals surface area contributed by atoms with Crippen LogP contribution in [0.5, 0.6) is 0 Å². The van der Waals surface area contributed by atoms with Gasteiger partial charge in [0, 0.05) is 13.0 Å². The van der Waals surface area contributed by atoms with Crippen LogP contribution in [0.25, 0.3) is 0 Å². The van der Waals surface area contributed by atoms with Crippen molar-refractivity contribution >= 4 is 12.1 Å². The molecule has 7 heteroatoms. The van der Waals surface area contributed by atoms with Crippen LogP contribution in [0.15, 0.2) is 11.8 Å². The molecule has 0 bridgehead atoms. The number of rotatable bonds is 2. The molecular formula is C13H17NO6. The fourth-order valence-electron chi connectivity index (χ4n) is 3.22. The van der Waals surface area contributed by atoms with Gasteiger partial charge in [-0.3, -0.25) is 0 Å². The Hall–Kier alpha value is -1.76. The van der Waals surface area contributed by atoms with Crippen molar-refractivity contribution in [2.45, 2.75) is 24.7 Å². The van der Waals surface area contributed by atoms with Crippen molar-refractivity contribution in [3.63, 3.8) is 0 Å². The van der Waals surface area contributed by atoms with Gasteiger partial charge in [-0.05, 0) is 12.8 Å². The Bertz CT molecular complexity index is 469. The monoisotopic (exact) mass is 283 g/mol. The van der Waals surface area contributed by atoms with Crippen LogP contribution >= 0.6 is 0 Å². The van der Waals surface area contributed by atoms with Crippen LogP contribution in [-0.4, -0.2) is 44.7 Å². The number of nitrogens with one attached hydrogen (secondary N) is 1. The highest BCUT2D eigenvalue weighted by Gasteiger charge is 2.65. The highest BCUT2D eigenvalue weighted by atomic mass is 16.7. The minimum atomic E-state index is -0.738. The van der Waals surface area contributed by atoms with E-state index in [4.69, 9.17) is 18.9 Å². The summed E-state index contributed by atoms with van der Waals surface area (Å²) in [6, 6.07) is 0. The average Bonchev–Trinajstić information content (AvgIpc) is 3.14. The molecule has 0 unspecified atom stereocenters. The maximum atomic E-state index is 11.8. The second-order valence-electron chi connectivity index (χ2n) is 5.25. The third kappa shape index (κ3) is 1.93. The molecule has 20 heavy (non-hydrogen) atoms. The van der Waals surface area contributed by atoms with Crippen molar-refractivity contribution < 1.29 is 28.5 Å². The van der Waals surface area contributed by atoms with Crippen LogP contribution in [-0.2, 0) is 23.7 Å². The van der Waals surface area contributed by atoms with Crippen molar-refractivity contribution in [2.75, 3.05) is 20.8 Å². The first kappa shape index (κ1) is 13.2. The molecule has 3 aliphatic rings. The third-order valence-corrected chi connectivity index (χ3v) is 4.30. The number of carbonyl (C=O) groups excluding carboxylic acids is 2. The smallest absolute Gasteiger partial charge is 0.409 e. The van der Waals surface area contributed by atoms with Crippen molar-refractivity contribution in [1.82, 2.24) is 5.32 Å². The molecule has 1 saturated heterocycles. The first-order valence-corrected chi connectivity index (χ1v) is 6.57. The molecule has 4 atom stereocenters. The number of hydrogen-bond acceptors (Lipinski definition) is 6. The summed E-state index contributed by atoms with van der Waals surface area (Å²) in [5.74, 6) is -0.636. The van der Waals surface area contributed by atoms with Gasteiger partial charge in [-0.2, -0.15) is 0 Å². The van der Waals surface area contributed by atoms with E-state index in [1.807, 2.05) is 0 Å². The molecule has 1 aliphatic carbocycles. The van der Waals surface area contributed by atoms with E-state index in [1.54, 1.807) is 0 Å². The normalized spacial score (nSPS) is 37.5. The van der Waals surface area contributed by atoms with Gasteiger partial charge in [0.15, 0.2) is 0 Å². The van der Waals surface area contributed by atoms with Gasteiger partial charge in [0.1, 0.15) is 5.60 Å². The van der Waals surface area contributed by atoms with Crippen LogP contribution in [0.3, 0.4) is 0 Å². The summed E-state index contributed by atoms with van der Waals surface area (Å²) in [5.41, 5.74) is 0.165. The molecule has 1 spiro atoms. The average molecular weight is 283 g/mol. The number of fused-ring (bicyclic) bond motifs is 2. The SMILES string of the molecule is CNC(=O)O[C@@H]1OC=C(C(=O)OC)[C@H]2CC[C@]3(CO3)[C@H]12. The van der Waals surface area contributed by atoms with Gasteiger partial charge in [0.25, 0.3) is 6.29 Å². The summed E-state index contributed by atoms with van der Waals surface area (Å²) in [6.07, 6.45) is 1.67. The second kappa shape index (κ2) is 4.66. The van der Waals surface area contributed by atoms with Crippen LogP contribution in [0.2, 0.25) is 0 Å². The molecule has 0 aromatic rings. The molecule has 7 nitrogen and oxygen atoms in total. The Kier molecular flexibility index (Phi) is 3.08. The van der Waals surface area contributed by atoms with E-state index in [9.17, 15) is 9.59 Å². The van der Waals surface area contributed by atoms with Gasteiger partial charge in [-0.1, -0.05) is 0 Å². The molecule has 3 rings (SSSR count). The van der Waals surface area contributed by atoms with Crippen molar-refractivity contribution in [3.05, 3.63) is 11.8 Å². The van der Waals surface area contributed by atoms with Gasteiger partial charge >= 0.3 is 12.1 Å². The lowest BCUT2D eigenvalue weighted by Gasteiger charge is -2.34. The summed E-state index contributed by atoms with van der Waals surface area (Å²) in [4.78, 5) is 23.2. The zero-order chi connectivity index (χ0) is 14.3. The van der Waals surface area contributed by atoms with E-state index in [0.29, 0.717) is 12.2 Å². The Balaban J connectivity index is 1.86. The van der Waals surface area contributed by atoms with Crippen LogP contribution < -0.4 is 5.32 Å². The fourth-order valence-corrected chi connectivity index (χ4v) is 3.22. The van der Waals surface area contributed by atoms with Gasteiger partial charge < -0.3 is 24.3 Å². The summed E-state index contributed by atoms with van der Waals surface area (Å²) < 4.78 is 21.0. The van der Waals surface area contributed by atoms with E-state index >= 15 is 0 Å². The maximum Gasteiger partial charge on any atom is 0.409 e. The molecule has 0 radical (unpaired) electrons. The Labute approximate surface area is 116 Å². The van der Waals surface area contributed by atoms with Crippen molar-refractivity contribution in [3.8, 4) is 0 Å². The van der Waals surface area contributed by atoms with Gasteiger partial charge in [-0.25, -0.2) is 9.59 Å². The summed E-state index contributed by atoms with van der Waals surface area (Å²) >= 11 is 0. The van der Waals surface area contributed by atoms with E-state index < -0.39 is 18.4 Å². The molecular weight excluding hydrogens is 266 g/mol. The number of ether oxygens (including phenoxy) is 4. The minimum absolute atomic E-state index is 0.0617. The minimum Gasteiger partial charge on any atom is -0.466 e. The first-order valence-electron chi connectivity index (χ1n) is 6.57. The van der Waals surface area contributed by atoms with Crippen LogP contribution in [0.4, 0.5) is 4.79 Å². The Morgan fingerprint density at radius 2 is 2.25 bits per heavy atom. The Morgan fingerprint density at radius 3 is 2.85 bits per heavy atom. The maximum absolute atomic E-state index is 11.8. The predicted molar refractivity (Wildman–Crippen MR) is 65.4 cm³/mol. The Morgan fingerprint density at radius 1 is 1.50 bits per heavy atom. The standard InChI is InChI=1S/C13H17NO6/c1-14-12(16)20-11-9-7(3-4-13(9)6-19-13)8(5-18-11)10(15)17-2/h5,7,9,11H,3-4,6H2,1-2H3,(H,14,16)/t7-,9+,11+,13+/m1/s1. The summed E-state index contributed by atoms with van der Waals surface area (Å²) in [5, 5.41) is 2.39. The molecule has 1 amide bonds. The quantitative estimate of drug-likeness (QED) is 0.588. The zero-order valence-electron chi connectivity index (χ0n) is 11.4. The number of amides is 1. The van der Waals surface area contributed by atoms with Gasteiger partial charge in [0.05, 0.1) is 31.5 Å². The second-order valence-corrected chi connectivity index (χ2v) is 5.25. The molecule has 1 N–H and O–H groups in total. The van der Waals surface area contributed by atoms with E-state index in [2.05, 4.69) is 5.32 Å². The number of carbonyl (C=O) groups is 2. The molecule has 0 aromatic heterocycles. The van der Waals surface area contributed by atoms with E-state index in [0.717, 1.165) is 12.8 Å². The summed E-state index contributed by atoms with van der Waals surface area (Å²) in [7, 11) is 2.82. The lowest BCUT2D eigenvalue weighted by atomic mass is 9.83. The zero-order valence-corrected chi connectivity index (χ0v) is 11.4. The molecule has 110 valence electrons. The largest absolute Gasteiger partial charge is 0.466 e. The first-order chi connectivity index (χ1) is 9.61. The lowest BCUT2D eigenvalue weighted by molar-refractivity contribution is -0.146. The number of hydrogen-bond donors (Lipinski definition) is 1. The van der Waals surface area contributed by atoms with E-state index in [1.165, 1.54) is 20.4 Å². The highest BCUT2D eigenvalue weighted by Crippen LogP contribution is 2.56. The van der Waals surface area contributed by atoms with Crippen molar-refractivity contribution in [1.29, 1.82) is 0 Å². The predicted octanol–water partition coefficient (Wildman–Crippen LogP) is 0.551. The topological polar surface area (TPSA) is 86.4 Å². The number of methoxy groups -OCH3 is 1. The molecule has 0 aromatic carbocycles. The molecule has 2 fully saturated rings. The van der Waals surface area contributed by atoms with Gasteiger partial charge in [-0.15, -0.1) is 0 Å². The van der Waals surface area contributed by atoms with Crippen LogP contribution in [0.1, 0.15) is 12.8 Å².